The van der Waals surface area contributed by atoms with Crippen molar-refractivity contribution in [3.8, 4) is 16.9 Å². The van der Waals surface area contributed by atoms with Gasteiger partial charge in [0.15, 0.2) is 5.69 Å². The highest BCUT2D eigenvalue weighted by Gasteiger charge is 2.37. The lowest BCUT2D eigenvalue weighted by Crippen LogP contribution is -2.22. The lowest BCUT2D eigenvalue weighted by molar-refractivity contribution is 0.0955. The van der Waals surface area contributed by atoms with Crippen LogP contribution in [0.3, 0.4) is 0 Å². The van der Waals surface area contributed by atoms with Gasteiger partial charge in [-0.2, -0.15) is 5.10 Å². The summed E-state index contributed by atoms with van der Waals surface area (Å²) in [6.45, 7) is 0. The van der Waals surface area contributed by atoms with Crippen molar-refractivity contribution in [2.45, 2.75) is 6.04 Å². The maximum absolute atomic E-state index is 12.7. The molecule has 4 aromatic rings. The van der Waals surface area contributed by atoms with Gasteiger partial charge in [0.25, 0.3) is 5.91 Å². The third kappa shape index (κ3) is 2.75. The summed E-state index contributed by atoms with van der Waals surface area (Å²) in [4.78, 5) is 12.7. The minimum atomic E-state index is -0.233. The van der Waals surface area contributed by atoms with E-state index in [1.165, 1.54) is 0 Å². The lowest BCUT2D eigenvalue weighted by atomic mass is 9.96. The highest BCUT2D eigenvalue weighted by atomic mass is 79.9. The molecule has 4 nitrogen and oxygen atoms in total. The fraction of sp³-hybridized carbons (Fsp3) is 0.0435. The second kappa shape index (κ2) is 6.77. The standard InChI is InChI=1S/C23H16BrN3O/c24-17-13-11-15(12-14-17)20-19-21(23(28)25-20)26-27(18-9-5-2-6-10-18)22(19)16-7-3-1-4-8-16/h1-14,20H,(H,25,28). The predicted molar refractivity (Wildman–Crippen MR) is 112 cm³/mol. The Morgan fingerprint density at radius 2 is 1.50 bits per heavy atom. The minimum Gasteiger partial charge on any atom is -0.340 e. The van der Waals surface area contributed by atoms with Gasteiger partial charge in [-0.05, 0) is 29.8 Å². The molecule has 0 saturated heterocycles. The van der Waals surface area contributed by atoms with E-state index in [4.69, 9.17) is 5.10 Å². The van der Waals surface area contributed by atoms with Crippen molar-refractivity contribution in [1.29, 1.82) is 0 Å². The van der Waals surface area contributed by atoms with Gasteiger partial charge in [0.1, 0.15) is 0 Å². The highest BCUT2D eigenvalue weighted by molar-refractivity contribution is 9.10. The van der Waals surface area contributed by atoms with E-state index in [-0.39, 0.29) is 11.9 Å². The molecule has 136 valence electrons. The first-order valence-electron chi connectivity index (χ1n) is 9.02. The van der Waals surface area contributed by atoms with Crippen molar-refractivity contribution in [1.82, 2.24) is 15.1 Å². The number of hydrogen-bond donors (Lipinski definition) is 1. The number of para-hydroxylation sites is 1. The molecule has 0 bridgehead atoms. The molecule has 1 aromatic heterocycles. The number of carbonyl (C=O) groups is 1. The zero-order valence-corrected chi connectivity index (χ0v) is 16.4. The van der Waals surface area contributed by atoms with Crippen LogP contribution >= 0.6 is 15.9 Å². The SMILES string of the molecule is O=C1NC(c2ccc(Br)cc2)c2c1nn(-c1ccccc1)c2-c1ccccc1. The minimum absolute atomic E-state index is 0.144. The zero-order chi connectivity index (χ0) is 19.1. The van der Waals surface area contributed by atoms with Gasteiger partial charge in [-0.1, -0.05) is 76.6 Å². The number of fused-ring (bicyclic) bond motifs is 1. The van der Waals surface area contributed by atoms with Crippen molar-refractivity contribution in [3.63, 3.8) is 0 Å². The molecule has 0 saturated carbocycles. The molecule has 1 unspecified atom stereocenters. The number of nitrogens with one attached hydrogen (secondary N) is 1. The molecule has 1 N–H and O–H groups in total. The molecule has 28 heavy (non-hydrogen) atoms. The van der Waals surface area contributed by atoms with E-state index in [2.05, 4.69) is 33.4 Å². The highest BCUT2D eigenvalue weighted by Crippen LogP contribution is 2.39. The Kier molecular flexibility index (Phi) is 4.10. The summed E-state index contributed by atoms with van der Waals surface area (Å²) in [5.74, 6) is -0.144. The average molecular weight is 430 g/mol. The Labute approximate surface area is 171 Å². The van der Waals surface area contributed by atoms with Crippen molar-refractivity contribution >= 4 is 21.8 Å². The van der Waals surface area contributed by atoms with Crippen LogP contribution in [0, 0.1) is 0 Å². The first-order valence-corrected chi connectivity index (χ1v) is 9.82. The molecule has 1 amide bonds. The largest absolute Gasteiger partial charge is 0.340 e. The summed E-state index contributed by atoms with van der Waals surface area (Å²) < 4.78 is 2.88. The molecule has 5 heteroatoms. The molecule has 2 heterocycles. The van der Waals surface area contributed by atoms with Gasteiger partial charge in [0.05, 0.1) is 17.4 Å². The van der Waals surface area contributed by atoms with Crippen molar-refractivity contribution in [3.05, 3.63) is 106 Å². The molecule has 1 atom stereocenters. The van der Waals surface area contributed by atoms with Gasteiger partial charge in [-0.3, -0.25) is 4.79 Å². The van der Waals surface area contributed by atoms with E-state index >= 15 is 0 Å². The summed E-state index contributed by atoms with van der Waals surface area (Å²) >= 11 is 3.48. The summed E-state index contributed by atoms with van der Waals surface area (Å²) in [5, 5.41) is 7.80. The Morgan fingerprint density at radius 3 is 2.18 bits per heavy atom. The molecule has 5 rings (SSSR count). The molecule has 0 aliphatic carbocycles. The van der Waals surface area contributed by atoms with Gasteiger partial charge >= 0.3 is 0 Å². The quantitative estimate of drug-likeness (QED) is 0.490. The van der Waals surface area contributed by atoms with Crippen LogP contribution in [0.5, 0.6) is 0 Å². The Hall–Kier alpha value is -3.18. The first-order chi connectivity index (χ1) is 13.7. The summed E-state index contributed by atoms with van der Waals surface area (Å²) in [6.07, 6.45) is 0. The Bertz CT molecular complexity index is 1150. The van der Waals surface area contributed by atoms with Crippen LogP contribution in [0.25, 0.3) is 16.9 Å². The average Bonchev–Trinajstić information content (AvgIpc) is 3.28. The maximum Gasteiger partial charge on any atom is 0.272 e. The molecule has 3 aromatic carbocycles. The molecule has 0 fully saturated rings. The van der Waals surface area contributed by atoms with Crippen molar-refractivity contribution in [2.24, 2.45) is 0 Å². The monoisotopic (exact) mass is 429 g/mol. The number of hydrogen-bond acceptors (Lipinski definition) is 2. The van der Waals surface area contributed by atoms with E-state index in [1.54, 1.807) is 0 Å². The van der Waals surface area contributed by atoms with Crippen molar-refractivity contribution in [2.75, 3.05) is 0 Å². The van der Waals surface area contributed by atoms with Gasteiger partial charge in [-0.25, -0.2) is 4.68 Å². The lowest BCUT2D eigenvalue weighted by Gasteiger charge is -2.16. The van der Waals surface area contributed by atoms with Gasteiger partial charge in [0.2, 0.25) is 0 Å². The van der Waals surface area contributed by atoms with Crippen LogP contribution < -0.4 is 5.32 Å². The van der Waals surface area contributed by atoms with Crippen molar-refractivity contribution < 1.29 is 4.79 Å². The van der Waals surface area contributed by atoms with Crippen LogP contribution in [-0.2, 0) is 0 Å². The van der Waals surface area contributed by atoms with Gasteiger partial charge < -0.3 is 5.32 Å². The molecular weight excluding hydrogens is 414 g/mol. The number of rotatable bonds is 3. The number of benzene rings is 3. The topological polar surface area (TPSA) is 46.9 Å². The molecule has 1 aliphatic rings. The number of halogens is 1. The molecule has 1 aliphatic heterocycles. The van der Waals surface area contributed by atoms with Crippen LogP contribution in [0.15, 0.2) is 89.4 Å². The Balaban J connectivity index is 1.77. The first kappa shape index (κ1) is 17.0. The van der Waals surface area contributed by atoms with E-state index < -0.39 is 0 Å². The number of carbonyl (C=O) groups excluding carboxylic acids is 1. The number of nitrogens with zero attached hydrogens (tertiary/aromatic N) is 2. The second-order valence-electron chi connectivity index (χ2n) is 6.68. The van der Waals surface area contributed by atoms with E-state index in [9.17, 15) is 4.79 Å². The summed E-state index contributed by atoms with van der Waals surface area (Å²) in [6, 6.07) is 27.8. The fourth-order valence-corrected chi connectivity index (χ4v) is 3.94. The summed E-state index contributed by atoms with van der Waals surface area (Å²) in [5.41, 5.74) is 5.32. The van der Waals surface area contributed by atoms with E-state index in [0.717, 1.165) is 32.5 Å². The maximum atomic E-state index is 12.7. The second-order valence-corrected chi connectivity index (χ2v) is 7.60. The smallest absolute Gasteiger partial charge is 0.272 e. The molecular formula is C23H16BrN3O. The van der Waals surface area contributed by atoms with Crippen LogP contribution in [0.4, 0.5) is 0 Å². The molecule has 0 radical (unpaired) electrons. The summed E-state index contributed by atoms with van der Waals surface area (Å²) in [7, 11) is 0. The third-order valence-corrected chi connectivity index (χ3v) is 5.48. The number of aromatic nitrogens is 2. The third-order valence-electron chi connectivity index (χ3n) is 4.95. The van der Waals surface area contributed by atoms with Gasteiger partial charge in [-0.15, -0.1) is 0 Å². The normalized spacial score (nSPS) is 15.3. The van der Waals surface area contributed by atoms with Gasteiger partial charge in [0, 0.05) is 15.6 Å². The Morgan fingerprint density at radius 1 is 0.857 bits per heavy atom. The van der Waals surface area contributed by atoms with E-state index in [1.807, 2.05) is 77.5 Å². The number of amides is 1. The predicted octanol–water partition coefficient (Wildman–Crippen LogP) is 5.13. The van der Waals surface area contributed by atoms with Crippen LogP contribution in [0.1, 0.15) is 27.7 Å². The van der Waals surface area contributed by atoms with E-state index in [0.29, 0.717) is 5.69 Å². The van der Waals surface area contributed by atoms with Crippen LogP contribution in [0.2, 0.25) is 0 Å². The fourth-order valence-electron chi connectivity index (χ4n) is 3.68. The zero-order valence-electron chi connectivity index (χ0n) is 14.8. The molecule has 0 spiro atoms. The van der Waals surface area contributed by atoms with Crippen LogP contribution in [-0.4, -0.2) is 15.7 Å².